The largest absolute Gasteiger partial charge is 0.338 e. The fourth-order valence-electron chi connectivity index (χ4n) is 3.37. The van der Waals surface area contributed by atoms with E-state index in [1.165, 1.54) is 0 Å². The summed E-state index contributed by atoms with van der Waals surface area (Å²) >= 11 is 0. The van der Waals surface area contributed by atoms with Gasteiger partial charge in [0.25, 0.3) is 0 Å². The standard InChI is InChI=1S/C16H29N3O2/c1-4-5-7-14(20)18-11-16(12-18)8-6-9-19(16)15(21)10-17-13(2)3/h13,17H,4-12H2,1-3H3. The minimum absolute atomic E-state index is 0.0579. The molecule has 5 nitrogen and oxygen atoms in total. The molecule has 0 aliphatic carbocycles. The van der Waals surface area contributed by atoms with Gasteiger partial charge in [0.1, 0.15) is 0 Å². The highest BCUT2D eigenvalue weighted by Crippen LogP contribution is 2.38. The first kappa shape index (κ1) is 16.3. The van der Waals surface area contributed by atoms with E-state index in [-0.39, 0.29) is 17.4 Å². The molecule has 0 atom stereocenters. The molecule has 2 aliphatic rings. The molecule has 0 aromatic carbocycles. The Balaban J connectivity index is 1.86. The first-order valence-corrected chi connectivity index (χ1v) is 8.30. The molecule has 2 saturated heterocycles. The van der Waals surface area contributed by atoms with Gasteiger partial charge in [-0.05, 0) is 19.3 Å². The van der Waals surface area contributed by atoms with Crippen LogP contribution < -0.4 is 5.32 Å². The molecule has 5 heteroatoms. The zero-order chi connectivity index (χ0) is 15.5. The van der Waals surface area contributed by atoms with Gasteiger partial charge >= 0.3 is 0 Å². The number of likely N-dealkylation sites (tertiary alicyclic amines) is 2. The molecule has 0 unspecified atom stereocenters. The van der Waals surface area contributed by atoms with E-state index in [4.69, 9.17) is 0 Å². The molecule has 0 aromatic rings. The average molecular weight is 295 g/mol. The van der Waals surface area contributed by atoms with Gasteiger partial charge < -0.3 is 15.1 Å². The number of nitrogens with zero attached hydrogens (tertiary/aromatic N) is 2. The predicted molar refractivity (Wildman–Crippen MR) is 82.9 cm³/mol. The van der Waals surface area contributed by atoms with E-state index in [2.05, 4.69) is 12.2 Å². The van der Waals surface area contributed by atoms with Gasteiger partial charge in [0.2, 0.25) is 11.8 Å². The Morgan fingerprint density at radius 2 is 1.95 bits per heavy atom. The molecule has 120 valence electrons. The summed E-state index contributed by atoms with van der Waals surface area (Å²) in [6.45, 7) is 8.92. The number of carbonyl (C=O) groups excluding carboxylic acids is 2. The third kappa shape index (κ3) is 3.57. The third-order valence-electron chi connectivity index (χ3n) is 4.63. The van der Waals surface area contributed by atoms with Crippen molar-refractivity contribution in [3.8, 4) is 0 Å². The summed E-state index contributed by atoms with van der Waals surface area (Å²) in [5.41, 5.74) is -0.0579. The topological polar surface area (TPSA) is 52.7 Å². The quantitative estimate of drug-likeness (QED) is 0.805. The molecule has 1 N–H and O–H groups in total. The highest BCUT2D eigenvalue weighted by Gasteiger charge is 2.52. The summed E-state index contributed by atoms with van der Waals surface area (Å²) < 4.78 is 0. The van der Waals surface area contributed by atoms with Crippen LogP contribution in [0.2, 0.25) is 0 Å². The lowest BCUT2D eigenvalue weighted by Gasteiger charge is -2.52. The second kappa shape index (κ2) is 6.77. The lowest BCUT2D eigenvalue weighted by atomic mass is 9.86. The van der Waals surface area contributed by atoms with Gasteiger partial charge in [0, 0.05) is 32.1 Å². The molecule has 0 saturated carbocycles. The highest BCUT2D eigenvalue weighted by molar-refractivity contribution is 5.81. The van der Waals surface area contributed by atoms with Crippen molar-refractivity contribution in [2.75, 3.05) is 26.2 Å². The molecular formula is C16H29N3O2. The van der Waals surface area contributed by atoms with Crippen LogP contribution in [0, 0.1) is 0 Å². The third-order valence-corrected chi connectivity index (χ3v) is 4.63. The zero-order valence-electron chi connectivity index (χ0n) is 13.7. The fraction of sp³-hybridized carbons (Fsp3) is 0.875. The Labute approximate surface area is 128 Å². The van der Waals surface area contributed by atoms with Crippen molar-refractivity contribution < 1.29 is 9.59 Å². The van der Waals surface area contributed by atoms with Crippen molar-refractivity contribution in [2.45, 2.75) is 64.5 Å². The maximum Gasteiger partial charge on any atom is 0.237 e. The average Bonchev–Trinajstić information content (AvgIpc) is 2.85. The molecule has 2 amide bonds. The molecule has 2 heterocycles. The molecule has 2 fully saturated rings. The summed E-state index contributed by atoms with van der Waals surface area (Å²) in [5, 5.41) is 3.20. The van der Waals surface area contributed by atoms with Crippen molar-refractivity contribution >= 4 is 11.8 Å². The van der Waals surface area contributed by atoms with Gasteiger partial charge in [-0.25, -0.2) is 0 Å². The van der Waals surface area contributed by atoms with Crippen molar-refractivity contribution in [1.29, 1.82) is 0 Å². The predicted octanol–water partition coefficient (Wildman–Crippen LogP) is 1.38. The van der Waals surface area contributed by atoms with Crippen molar-refractivity contribution in [2.24, 2.45) is 0 Å². The van der Waals surface area contributed by atoms with Crippen molar-refractivity contribution in [1.82, 2.24) is 15.1 Å². The van der Waals surface area contributed by atoms with Gasteiger partial charge in [-0.2, -0.15) is 0 Å². The smallest absolute Gasteiger partial charge is 0.237 e. The van der Waals surface area contributed by atoms with Crippen molar-refractivity contribution in [3.63, 3.8) is 0 Å². The minimum Gasteiger partial charge on any atom is -0.338 e. The van der Waals surface area contributed by atoms with Crippen LogP contribution in [-0.2, 0) is 9.59 Å². The maximum atomic E-state index is 12.4. The molecule has 2 aliphatic heterocycles. The Bertz CT molecular complexity index is 389. The fourth-order valence-corrected chi connectivity index (χ4v) is 3.37. The van der Waals surface area contributed by atoms with E-state index in [0.29, 0.717) is 19.0 Å². The van der Waals surface area contributed by atoms with Crippen LogP contribution in [0.5, 0.6) is 0 Å². The lowest BCUT2D eigenvalue weighted by molar-refractivity contribution is -0.153. The maximum absolute atomic E-state index is 12.4. The number of amides is 2. The second-order valence-electron chi connectivity index (χ2n) is 6.76. The van der Waals surface area contributed by atoms with E-state index >= 15 is 0 Å². The van der Waals surface area contributed by atoms with E-state index < -0.39 is 0 Å². The summed E-state index contributed by atoms with van der Waals surface area (Å²) in [6, 6.07) is 0.320. The number of hydrogen-bond acceptors (Lipinski definition) is 3. The summed E-state index contributed by atoms with van der Waals surface area (Å²) in [5.74, 6) is 0.434. The molecule has 0 radical (unpaired) electrons. The molecule has 0 bridgehead atoms. The number of nitrogens with one attached hydrogen (secondary N) is 1. The van der Waals surface area contributed by atoms with Crippen LogP contribution in [0.4, 0.5) is 0 Å². The second-order valence-corrected chi connectivity index (χ2v) is 6.76. The van der Waals surface area contributed by atoms with Crippen LogP contribution in [-0.4, -0.2) is 59.4 Å². The van der Waals surface area contributed by atoms with Crippen molar-refractivity contribution in [3.05, 3.63) is 0 Å². The molecular weight excluding hydrogens is 266 g/mol. The summed E-state index contributed by atoms with van der Waals surface area (Å²) in [4.78, 5) is 28.3. The number of carbonyl (C=O) groups is 2. The van der Waals surface area contributed by atoms with E-state index in [1.807, 2.05) is 23.6 Å². The Kier molecular flexibility index (Phi) is 5.25. The Morgan fingerprint density at radius 1 is 1.24 bits per heavy atom. The van der Waals surface area contributed by atoms with E-state index in [0.717, 1.165) is 45.3 Å². The zero-order valence-corrected chi connectivity index (χ0v) is 13.7. The van der Waals surface area contributed by atoms with Gasteiger partial charge in [0.05, 0.1) is 12.1 Å². The summed E-state index contributed by atoms with van der Waals surface area (Å²) in [7, 11) is 0. The van der Waals surface area contributed by atoms with Crippen LogP contribution in [0.3, 0.4) is 0 Å². The van der Waals surface area contributed by atoms with Gasteiger partial charge in [-0.1, -0.05) is 27.2 Å². The SMILES string of the molecule is CCCCC(=O)N1CC2(CCCN2C(=O)CNC(C)C)C1. The lowest BCUT2D eigenvalue weighted by Crippen LogP contribution is -2.70. The first-order valence-electron chi connectivity index (χ1n) is 8.30. The Morgan fingerprint density at radius 3 is 2.57 bits per heavy atom. The summed E-state index contributed by atoms with van der Waals surface area (Å²) in [6.07, 6.45) is 4.76. The minimum atomic E-state index is -0.0579. The van der Waals surface area contributed by atoms with Crippen LogP contribution in [0.15, 0.2) is 0 Å². The van der Waals surface area contributed by atoms with Gasteiger partial charge in [-0.15, -0.1) is 0 Å². The van der Waals surface area contributed by atoms with E-state index in [9.17, 15) is 9.59 Å². The van der Waals surface area contributed by atoms with Gasteiger partial charge in [-0.3, -0.25) is 9.59 Å². The van der Waals surface area contributed by atoms with E-state index in [1.54, 1.807) is 0 Å². The van der Waals surface area contributed by atoms with Crippen LogP contribution in [0.1, 0.15) is 52.9 Å². The molecule has 21 heavy (non-hydrogen) atoms. The first-order chi connectivity index (χ1) is 9.98. The number of hydrogen-bond donors (Lipinski definition) is 1. The van der Waals surface area contributed by atoms with Crippen LogP contribution >= 0.6 is 0 Å². The highest BCUT2D eigenvalue weighted by atomic mass is 16.2. The number of rotatable bonds is 6. The molecule has 2 rings (SSSR count). The van der Waals surface area contributed by atoms with Crippen LogP contribution in [0.25, 0.3) is 0 Å². The molecule has 0 aromatic heterocycles. The Hall–Kier alpha value is -1.10. The molecule has 1 spiro atoms. The monoisotopic (exact) mass is 295 g/mol. The number of unbranched alkanes of at least 4 members (excludes halogenated alkanes) is 1. The van der Waals surface area contributed by atoms with Gasteiger partial charge in [0.15, 0.2) is 0 Å². The normalized spacial score (nSPS) is 20.2.